The second kappa shape index (κ2) is 8.19. The number of benzene rings is 1. The number of nitrogens with zero attached hydrogens (tertiary/aromatic N) is 3. The molecule has 0 saturated heterocycles. The summed E-state index contributed by atoms with van der Waals surface area (Å²) in [5.41, 5.74) is 2.29. The van der Waals surface area contributed by atoms with E-state index in [1.54, 1.807) is 23.1 Å². The number of hydrogen-bond donors (Lipinski definition) is 0. The first-order valence-corrected chi connectivity index (χ1v) is 10.3. The van der Waals surface area contributed by atoms with Crippen LogP contribution >= 0.6 is 34.7 Å². The molecule has 3 nitrogen and oxygen atoms in total. The zero-order valence-electron chi connectivity index (χ0n) is 13.8. The largest absolute Gasteiger partial charge is 0.302 e. The number of hydrogen-bond acceptors (Lipinski definition) is 4. The molecule has 2 heterocycles. The van der Waals surface area contributed by atoms with Gasteiger partial charge in [0.25, 0.3) is 0 Å². The van der Waals surface area contributed by atoms with Gasteiger partial charge in [-0.1, -0.05) is 55.4 Å². The fourth-order valence-corrected chi connectivity index (χ4v) is 4.54. The quantitative estimate of drug-likeness (QED) is 0.478. The van der Waals surface area contributed by atoms with E-state index < -0.39 is 0 Å². The van der Waals surface area contributed by atoms with Crippen molar-refractivity contribution in [3.8, 4) is 11.4 Å². The summed E-state index contributed by atoms with van der Waals surface area (Å²) in [6, 6.07) is 10.2. The van der Waals surface area contributed by atoms with Gasteiger partial charge in [-0.15, -0.1) is 21.5 Å². The van der Waals surface area contributed by atoms with Crippen molar-refractivity contribution in [2.75, 3.05) is 0 Å². The van der Waals surface area contributed by atoms with Gasteiger partial charge >= 0.3 is 0 Å². The molecule has 0 aliphatic heterocycles. The first-order valence-electron chi connectivity index (χ1n) is 8.10. The molecule has 0 bridgehead atoms. The summed E-state index contributed by atoms with van der Waals surface area (Å²) in [6.45, 7) is 5.28. The van der Waals surface area contributed by atoms with Crippen LogP contribution in [0.1, 0.15) is 30.7 Å². The van der Waals surface area contributed by atoms with Gasteiger partial charge in [0, 0.05) is 33.1 Å². The second-order valence-corrected chi connectivity index (χ2v) is 7.84. The Morgan fingerprint density at radius 1 is 1.21 bits per heavy atom. The maximum atomic E-state index is 6.26. The molecule has 0 aliphatic carbocycles. The van der Waals surface area contributed by atoms with Gasteiger partial charge in [-0.25, -0.2) is 0 Å². The number of thioether (sulfide) groups is 1. The Morgan fingerprint density at radius 2 is 2.04 bits per heavy atom. The van der Waals surface area contributed by atoms with E-state index in [2.05, 4.69) is 46.1 Å². The van der Waals surface area contributed by atoms with Gasteiger partial charge in [-0.2, -0.15) is 0 Å². The molecule has 0 unspecified atom stereocenters. The Kier molecular flexibility index (Phi) is 5.98. The molecule has 0 N–H and O–H groups in total. The molecule has 24 heavy (non-hydrogen) atoms. The molecule has 0 amide bonds. The van der Waals surface area contributed by atoms with Crippen LogP contribution in [0.25, 0.3) is 11.4 Å². The predicted octanol–water partition coefficient (Wildman–Crippen LogP) is 5.92. The molecule has 0 aliphatic rings. The summed E-state index contributed by atoms with van der Waals surface area (Å²) in [5.74, 6) is 1.76. The lowest BCUT2D eigenvalue weighted by atomic mass is 10.2. The summed E-state index contributed by atoms with van der Waals surface area (Å²) in [5, 5.41) is 12.8. The van der Waals surface area contributed by atoms with Crippen molar-refractivity contribution < 1.29 is 0 Å². The zero-order valence-corrected chi connectivity index (χ0v) is 16.2. The van der Waals surface area contributed by atoms with E-state index in [1.807, 2.05) is 18.2 Å². The zero-order chi connectivity index (χ0) is 16.9. The number of halogens is 1. The maximum Gasteiger partial charge on any atom is 0.191 e. The molecule has 0 atom stereocenters. The Labute approximate surface area is 156 Å². The monoisotopic (exact) mass is 377 g/mol. The molecular formula is C18H20ClN3S2. The number of thiophene rings is 1. The van der Waals surface area contributed by atoms with E-state index >= 15 is 0 Å². The minimum absolute atomic E-state index is 0.797. The Balaban J connectivity index is 1.84. The Hall–Kier alpha value is -1.30. The van der Waals surface area contributed by atoms with Crippen molar-refractivity contribution in [1.29, 1.82) is 0 Å². The highest BCUT2D eigenvalue weighted by molar-refractivity contribution is 7.98. The Bertz CT molecular complexity index is 810. The van der Waals surface area contributed by atoms with E-state index in [-0.39, 0.29) is 0 Å². The third-order valence-corrected chi connectivity index (χ3v) is 6.20. The highest BCUT2D eigenvalue weighted by Gasteiger charge is 2.15. The summed E-state index contributed by atoms with van der Waals surface area (Å²) in [7, 11) is 0. The first kappa shape index (κ1) is 17.5. The maximum absolute atomic E-state index is 6.26. The number of aromatic nitrogens is 3. The van der Waals surface area contributed by atoms with Gasteiger partial charge in [0.1, 0.15) is 0 Å². The van der Waals surface area contributed by atoms with Gasteiger partial charge < -0.3 is 4.57 Å². The number of aryl methyl sites for hydroxylation is 1. The van der Waals surface area contributed by atoms with Crippen molar-refractivity contribution in [3.63, 3.8) is 0 Å². The van der Waals surface area contributed by atoms with Crippen LogP contribution in [0.15, 0.2) is 40.9 Å². The SMILES string of the molecule is CCCn1c(SCc2ccccc2Cl)nnc1-c1csc(CC)c1. The topological polar surface area (TPSA) is 30.7 Å². The molecule has 0 radical (unpaired) electrons. The fraction of sp³-hybridized carbons (Fsp3) is 0.333. The van der Waals surface area contributed by atoms with E-state index in [4.69, 9.17) is 11.6 Å². The van der Waals surface area contributed by atoms with Crippen molar-refractivity contribution in [2.45, 2.75) is 44.1 Å². The third kappa shape index (κ3) is 3.85. The smallest absolute Gasteiger partial charge is 0.191 e. The van der Waals surface area contributed by atoms with E-state index in [0.29, 0.717) is 0 Å². The standard InChI is InChI=1S/C18H20ClN3S2/c1-3-9-22-17(14-10-15(4-2)23-12-14)20-21-18(22)24-11-13-7-5-6-8-16(13)19/h5-8,10,12H,3-4,9,11H2,1-2H3. The third-order valence-electron chi connectivity index (χ3n) is 3.74. The molecule has 0 fully saturated rings. The van der Waals surface area contributed by atoms with E-state index in [9.17, 15) is 0 Å². The minimum atomic E-state index is 0.797. The highest BCUT2D eigenvalue weighted by atomic mass is 35.5. The molecular weight excluding hydrogens is 358 g/mol. The van der Waals surface area contributed by atoms with Crippen LogP contribution in [-0.4, -0.2) is 14.8 Å². The lowest BCUT2D eigenvalue weighted by molar-refractivity contribution is 0.626. The summed E-state index contributed by atoms with van der Waals surface area (Å²) in [4.78, 5) is 1.38. The van der Waals surface area contributed by atoms with Crippen LogP contribution in [0.3, 0.4) is 0 Å². The van der Waals surface area contributed by atoms with Crippen molar-refractivity contribution >= 4 is 34.7 Å². The van der Waals surface area contributed by atoms with E-state index in [0.717, 1.165) is 46.7 Å². The molecule has 126 valence electrons. The summed E-state index contributed by atoms with van der Waals surface area (Å²) < 4.78 is 2.23. The van der Waals surface area contributed by atoms with Crippen LogP contribution in [0.2, 0.25) is 5.02 Å². The van der Waals surface area contributed by atoms with Crippen molar-refractivity contribution in [1.82, 2.24) is 14.8 Å². The molecule has 1 aromatic carbocycles. The average Bonchev–Trinajstić information content (AvgIpc) is 3.21. The van der Waals surface area contributed by atoms with Crippen LogP contribution < -0.4 is 0 Å². The normalized spacial score (nSPS) is 11.1. The molecule has 3 rings (SSSR count). The van der Waals surface area contributed by atoms with Crippen LogP contribution in [0.4, 0.5) is 0 Å². The lowest BCUT2D eigenvalue weighted by Gasteiger charge is -2.08. The molecule has 2 aromatic heterocycles. The van der Waals surface area contributed by atoms with Crippen molar-refractivity contribution in [2.24, 2.45) is 0 Å². The average molecular weight is 378 g/mol. The minimum Gasteiger partial charge on any atom is -0.302 e. The highest BCUT2D eigenvalue weighted by Crippen LogP contribution is 2.30. The van der Waals surface area contributed by atoms with Crippen LogP contribution in [0.5, 0.6) is 0 Å². The van der Waals surface area contributed by atoms with Gasteiger partial charge in [-0.05, 0) is 30.5 Å². The van der Waals surface area contributed by atoms with Crippen LogP contribution in [0, 0.1) is 0 Å². The molecule has 0 spiro atoms. The lowest BCUT2D eigenvalue weighted by Crippen LogP contribution is -2.01. The summed E-state index contributed by atoms with van der Waals surface area (Å²) in [6.07, 6.45) is 2.11. The molecule has 0 saturated carbocycles. The summed E-state index contributed by atoms with van der Waals surface area (Å²) >= 11 is 9.73. The fourth-order valence-electron chi connectivity index (χ4n) is 2.48. The molecule has 3 aromatic rings. The predicted molar refractivity (Wildman–Crippen MR) is 104 cm³/mol. The molecule has 6 heteroatoms. The first-order chi connectivity index (χ1) is 11.7. The van der Waals surface area contributed by atoms with Gasteiger partial charge in [-0.3, -0.25) is 0 Å². The van der Waals surface area contributed by atoms with Gasteiger partial charge in [0.2, 0.25) is 0 Å². The van der Waals surface area contributed by atoms with Crippen molar-refractivity contribution in [3.05, 3.63) is 51.2 Å². The number of rotatable bonds is 7. The van der Waals surface area contributed by atoms with E-state index in [1.165, 1.54) is 10.4 Å². The van der Waals surface area contributed by atoms with Crippen LogP contribution in [-0.2, 0) is 18.7 Å². The van der Waals surface area contributed by atoms with Gasteiger partial charge in [0.15, 0.2) is 11.0 Å². The Morgan fingerprint density at radius 3 is 2.75 bits per heavy atom. The second-order valence-electron chi connectivity index (χ2n) is 5.49. The van der Waals surface area contributed by atoms with Gasteiger partial charge in [0.05, 0.1) is 0 Å².